The summed E-state index contributed by atoms with van der Waals surface area (Å²) in [5.41, 5.74) is -0.422. The quantitative estimate of drug-likeness (QED) is 0.591. The van der Waals surface area contributed by atoms with Gasteiger partial charge in [-0.2, -0.15) is 0 Å². The number of ether oxygens (including phenoxy) is 3. The molecule has 2 N–H and O–H groups in total. The predicted molar refractivity (Wildman–Crippen MR) is 134 cm³/mol. The van der Waals surface area contributed by atoms with Gasteiger partial charge in [-0.3, -0.25) is 0 Å². The predicted octanol–water partition coefficient (Wildman–Crippen LogP) is 4.99. The van der Waals surface area contributed by atoms with E-state index < -0.39 is 11.7 Å². The summed E-state index contributed by atoms with van der Waals surface area (Å²) < 4.78 is 18.2. The Bertz CT molecular complexity index is 875. The van der Waals surface area contributed by atoms with Gasteiger partial charge in [0.05, 0.1) is 37.6 Å². The molecule has 9 atom stereocenters. The molecule has 5 heteroatoms. The summed E-state index contributed by atoms with van der Waals surface area (Å²) in [6, 6.07) is 8.06. The number of rotatable bonds is 5. The summed E-state index contributed by atoms with van der Waals surface area (Å²) in [5.74, 6) is 1.68. The highest BCUT2D eigenvalue weighted by Gasteiger charge is 2.59. The van der Waals surface area contributed by atoms with E-state index in [2.05, 4.69) is 52.0 Å². The average Bonchev–Trinajstić information content (AvgIpc) is 3.21. The van der Waals surface area contributed by atoms with Crippen LogP contribution in [0.5, 0.6) is 5.75 Å². The molecule has 5 nitrogen and oxygen atoms in total. The van der Waals surface area contributed by atoms with Gasteiger partial charge in [0.15, 0.2) is 0 Å². The average molecular weight is 473 g/mol. The molecule has 1 aromatic carbocycles. The molecule has 0 aromatic heterocycles. The minimum absolute atomic E-state index is 0.0364. The van der Waals surface area contributed by atoms with Crippen molar-refractivity contribution in [1.82, 2.24) is 0 Å². The van der Waals surface area contributed by atoms with Crippen molar-refractivity contribution in [2.45, 2.75) is 84.4 Å². The Morgan fingerprint density at radius 3 is 2.26 bits per heavy atom. The molecular formula is C29H44O5. The Balaban J connectivity index is 1.75. The van der Waals surface area contributed by atoms with Gasteiger partial charge in [-0.1, -0.05) is 52.0 Å². The molecule has 0 amide bonds. The number of methoxy groups -OCH3 is 2. The van der Waals surface area contributed by atoms with Crippen molar-refractivity contribution in [2.24, 2.45) is 34.5 Å². The molecule has 2 fully saturated rings. The first-order chi connectivity index (χ1) is 15.9. The molecule has 3 aliphatic carbocycles. The maximum Gasteiger partial charge on any atom is 0.118 e. The molecule has 0 aliphatic heterocycles. The smallest absolute Gasteiger partial charge is 0.118 e. The number of hydrogen-bond donors (Lipinski definition) is 2. The molecule has 0 saturated heterocycles. The Morgan fingerprint density at radius 2 is 1.65 bits per heavy atom. The number of benzene rings is 1. The molecule has 1 aromatic rings. The molecule has 0 spiro atoms. The van der Waals surface area contributed by atoms with Crippen LogP contribution in [0, 0.1) is 34.5 Å². The Morgan fingerprint density at radius 1 is 0.971 bits per heavy atom. The highest BCUT2D eigenvalue weighted by Crippen LogP contribution is 2.59. The number of aliphatic hydroxyl groups excluding tert-OH is 1. The second kappa shape index (κ2) is 9.24. The van der Waals surface area contributed by atoms with Gasteiger partial charge in [-0.25, -0.2) is 0 Å². The lowest BCUT2D eigenvalue weighted by atomic mass is 9.62. The molecule has 0 radical (unpaired) electrons. The molecular weight excluding hydrogens is 428 g/mol. The van der Waals surface area contributed by atoms with E-state index >= 15 is 0 Å². The van der Waals surface area contributed by atoms with Crippen LogP contribution >= 0.6 is 0 Å². The maximum atomic E-state index is 11.5. The summed E-state index contributed by atoms with van der Waals surface area (Å²) in [5, 5.41) is 22.7. The van der Waals surface area contributed by atoms with E-state index in [-0.39, 0.29) is 40.8 Å². The number of aliphatic hydroxyl groups is 2. The van der Waals surface area contributed by atoms with E-state index in [1.54, 1.807) is 21.1 Å². The fourth-order valence-electron chi connectivity index (χ4n) is 7.47. The van der Waals surface area contributed by atoms with Crippen LogP contribution in [0.4, 0.5) is 0 Å². The zero-order valence-corrected chi connectivity index (χ0v) is 22.0. The lowest BCUT2D eigenvalue weighted by Crippen LogP contribution is -2.47. The SMILES string of the molecule is COc1ccc(CO[C@H]2[C@H]3C[C@@H](C)[C@H](OC)[C@H]3C[C@@](C)(O)[C@@H](O)C[C@H]3C(C)(C)C=C[C@@]23C)cc1. The van der Waals surface area contributed by atoms with Gasteiger partial charge in [0, 0.05) is 12.5 Å². The van der Waals surface area contributed by atoms with Crippen LogP contribution in [0.3, 0.4) is 0 Å². The number of allylic oxidation sites excluding steroid dienone is 1. The third-order valence-electron chi connectivity index (χ3n) is 9.39. The van der Waals surface area contributed by atoms with Gasteiger partial charge in [0.1, 0.15) is 5.75 Å². The summed E-state index contributed by atoms with van der Waals surface area (Å²) in [4.78, 5) is 0. The molecule has 4 rings (SSSR count). The fraction of sp³-hybridized carbons (Fsp3) is 0.724. The van der Waals surface area contributed by atoms with Crippen molar-refractivity contribution in [1.29, 1.82) is 0 Å². The van der Waals surface area contributed by atoms with Gasteiger partial charge in [-0.15, -0.1) is 0 Å². The topological polar surface area (TPSA) is 68.2 Å². The molecule has 190 valence electrons. The van der Waals surface area contributed by atoms with E-state index in [4.69, 9.17) is 14.2 Å². The Labute approximate surface area is 205 Å². The lowest BCUT2D eigenvalue weighted by molar-refractivity contribution is -0.103. The van der Waals surface area contributed by atoms with Crippen LogP contribution < -0.4 is 4.74 Å². The van der Waals surface area contributed by atoms with Crippen molar-refractivity contribution in [3.05, 3.63) is 42.0 Å². The summed E-state index contributed by atoms with van der Waals surface area (Å²) >= 11 is 0. The van der Waals surface area contributed by atoms with Crippen molar-refractivity contribution in [2.75, 3.05) is 14.2 Å². The third-order valence-corrected chi connectivity index (χ3v) is 9.39. The largest absolute Gasteiger partial charge is 0.497 e. The molecule has 0 bridgehead atoms. The van der Waals surface area contributed by atoms with E-state index in [0.29, 0.717) is 25.4 Å². The molecule has 0 heterocycles. The highest BCUT2D eigenvalue weighted by molar-refractivity contribution is 5.27. The van der Waals surface area contributed by atoms with Gasteiger partial charge < -0.3 is 24.4 Å². The van der Waals surface area contributed by atoms with E-state index in [0.717, 1.165) is 17.7 Å². The van der Waals surface area contributed by atoms with Crippen LogP contribution in [0.15, 0.2) is 36.4 Å². The van der Waals surface area contributed by atoms with Gasteiger partial charge in [-0.05, 0) is 73.0 Å². The second-order valence-electron chi connectivity index (χ2n) is 12.2. The molecule has 34 heavy (non-hydrogen) atoms. The van der Waals surface area contributed by atoms with E-state index in [1.165, 1.54) is 0 Å². The van der Waals surface area contributed by atoms with Crippen molar-refractivity contribution in [3.63, 3.8) is 0 Å². The zero-order chi connectivity index (χ0) is 24.9. The molecule has 3 aliphatic rings. The first-order valence-electron chi connectivity index (χ1n) is 12.8. The van der Waals surface area contributed by atoms with Crippen LogP contribution in [-0.2, 0) is 16.1 Å². The van der Waals surface area contributed by atoms with Gasteiger partial charge >= 0.3 is 0 Å². The number of hydrogen-bond acceptors (Lipinski definition) is 5. The highest BCUT2D eigenvalue weighted by atomic mass is 16.5. The van der Waals surface area contributed by atoms with E-state index in [1.807, 2.05) is 12.1 Å². The second-order valence-corrected chi connectivity index (χ2v) is 12.2. The minimum atomic E-state index is -1.17. The lowest BCUT2D eigenvalue weighted by Gasteiger charge is -2.46. The van der Waals surface area contributed by atoms with Crippen LogP contribution in [0.25, 0.3) is 0 Å². The van der Waals surface area contributed by atoms with Crippen LogP contribution in [0.2, 0.25) is 0 Å². The van der Waals surface area contributed by atoms with Crippen LogP contribution in [0.1, 0.15) is 59.4 Å². The van der Waals surface area contributed by atoms with Gasteiger partial charge in [0.25, 0.3) is 0 Å². The normalized spacial score (nSPS) is 43.5. The van der Waals surface area contributed by atoms with Crippen molar-refractivity contribution in [3.8, 4) is 5.75 Å². The summed E-state index contributed by atoms with van der Waals surface area (Å²) in [6.45, 7) is 11.3. The standard InChI is InChI=1S/C29H44O5/c1-18-14-21-22(25(18)33-7)16-29(5,31)24(30)15-23-27(2,3)12-13-28(23,4)26(21)34-17-19-8-10-20(32-6)11-9-19/h8-13,18,21-26,30-31H,14-17H2,1-7H3/t18-,21+,22+,23+,24+,25+,26+,28-,29-/m1/s1. The molecule has 2 saturated carbocycles. The van der Waals surface area contributed by atoms with Gasteiger partial charge in [0.2, 0.25) is 0 Å². The maximum absolute atomic E-state index is 11.5. The molecule has 0 unspecified atom stereocenters. The summed E-state index contributed by atoms with van der Waals surface area (Å²) in [7, 11) is 3.45. The fourth-order valence-corrected chi connectivity index (χ4v) is 7.47. The van der Waals surface area contributed by atoms with Crippen molar-refractivity contribution >= 4 is 0 Å². The Hall–Kier alpha value is -1.40. The zero-order valence-electron chi connectivity index (χ0n) is 22.0. The monoisotopic (exact) mass is 472 g/mol. The summed E-state index contributed by atoms with van der Waals surface area (Å²) in [6.07, 6.45) is 5.86. The van der Waals surface area contributed by atoms with Crippen molar-refractivity contribution < 1.29 is 24.4 Å². The Kier molecular flexibility index (Phi) is 6.98. The first kappa shape index (κ1) is 25.7. The first-order valence-corrected chi connectivity index (χ1v) is 12.8. The number of fused-ring (bicyclic) bond motifs is 2. The van der Waals surface area contributed by atoms with E-state index in [9.17, 15) is 10.2 Å². The van der Waals surface area contributed by atoms with Crippen LogP contribution in [-0.4, -0.2) is 48.3 Å². The third kappa shape index (κ3) is 4.45. The minimum Gasteiger partial charge on any atom is -0.497 e.